The number of nitrogens with one attached hydrogen (secondary N) is 2. The van der Waals surface area contributed by atoms with Crippen LogP contribution in [0, 0.1) is 0 Å². The summed E-state index contributed by atoms with van der Waals surface area (Å²) in [6.45, 7) is 1.93. The second-order valence-corrected chi connectivity index (χ2v) is 7.68. The summed E-state index contributed by atoms with van der Waals surface area (Å²) < 4.78 is 26.7. The van der Waals surface area contributed by atoms with E-state index in [1.807, 2.05) is 30.3 Å². The van der Waals surface area contributed by atoms with Crippen LogP contribution in [-0.2, 0) is 16.6 Å². The van der Waals surface area contributed by atoms with E-state index in [0.29, 0.717) is 24.5 Å². The Balaban J connectivity index is 1.66. The Bertz CT molecular complexity index is 724. The number of hydrogen-bond acceptors (Lipinski definition) is 3. The molecule has 6 heteroatoms. The van der Waals surface area contributed by atoms with Crippen LogP contribution in [0.5, 0.6) is 0 Å². The minimum atomic E-state index is -3.37. The zero-order chi connectivity index (χ0) is 16.1. The van der Waals surface area contributed by atoms with Gasteiger partial charge >= 0.3 is 0 Å². The van der Waals surface area contributed by atoms with Crippen LogP contribution in [0.25, 0.3) is 0 Å². The molecular formula is C17H22N3O2S+. The van der Waals surface area contributed by atoms with Crippen molar-refractivity contribution < 1.29 is 13.4 Å². The lowest BCUT2D eigenvalue weighted by Gasteiger charge is -2.25. The Labute approximate surface area is 137 Å². The first-order chi connectivity index (χ1) is 11.2. The van der Waals surface area contributed by atoms with Gasteiger partial charge in [0.05, 0.1) is 0 Å². The average Bonchev–Trinajstić information content (AvgIpc) is 2.62. The fourth-order valence-electron chi connectivity index (χ4n) is 2.73. The highest BCUT2D eigenvalue weighted by atomic mass is 32.2. The summed E-state index contributed by atoms with van der Waals surface area (Å²) in [5.74, 6) is 0.798. The van der Waals surface area contributed by atoms with E-state index in [1.165, 1.54) is 5.56 Å². The Morgan fingerprint density at radius 1 is 1.00 bits per heavy atom. The van der Waals surface area contributed by atoms with Crippen LogP contribution >= 0.6 is 0 Å². The molecule has 1 aliphatic heterocycles. The van der Waals surface area contributed by atoms with E-state index >= 15 is 0 Å². The molecule has 0 saturated carbocycles. The van der Waals surface area contributed by atoms with Gasteiger partial charge in [0.1, 0.15) is 17.6 Å². The third-order valence-electron chi connectivity index (χ3n) is 4.06. The summed E-state index contributed by atoms with van der Waals surface area (Å²) in [5, 5.41) is 3.26. The van der Waals surface area contributed by atoms with Crippen LogP contribution in [0.15, 0.2) is 53.6 Å². The number of H-pyrrole nitrogens is 1. The Morgan fingerprint density at radius 2 is 1.74 bits per heavy atom. The summed E-state index contributed by atoms with van der Waals surface area (Å²) in [4.78, 5) is 3.36. The van der Waals surface area contributed by atoms with Gasteiger partial charge in [0.2, 0.25) is 10.0 Å². The van der Waals surface area contributed by atoms with E-state index in [0.717, 1.165) is 25.1 Å². The highest BCUT2D eigenvalue weighted by molar-refractivity contribution is 7.89. The van der Waals surface area contributed by atoms with Crippen molar-refractivity contribution in [1.29, 1.82) is 0 Å². The minimum absolute atomic E-state index is 0.324. The monoisotopic (exact) mass is 332 g/mol. The van der Waals surface area contributed by atoms with Crippen molar-refractivity contribution in [2.75, 3.05) is 18.4 Å². The van der Waals surface area contributed by atoms with E-state index in [4.69, 9.17) is 0 Å². The van der Waals surface area contributed by atoms with Crippen molar-refractivity contribution in [3.05, 3.63) is 54.2 Å². The molecule has 3 rings (SSSR count). The molecule has 0 atom stereocenters. The van der Waals surface area contributed by atoms with Gasteiger partial charge in [-0.15, -0.1) is 0 Å². The maximum Gasteiger partial charge on any atom is 0.272 e. The summed E-state index contributed by atoms with van der Waals surface area (Å²) in [6, 6.07) is 13.5. The average molecular weight is 332 g/mol. The number of pyridine rings is 1. The predicted octanol–water partition coefficient (Wildman–Crippen LogP) is 2.29. The van der Waals surface area contributed by atoms with E-state index < -0.39 is 10.0 Å². The van der Waals surface area contributed by atoms with Gasteiger partial charge in [-0.3, -0.25) is 5.32 Å². The van der Waals surface area contributed by atoms with Crippen LogP contribution in [0.4, 0.5) is 5.82 Å². The molecule has 1 aromatic carbocycles. The van der Waals surface area contributed by atoms with Gasteiger partial charge in [-0.2, -0.15) is 4.31 Å². The van der Waals surface area contributed by atoms with Crippen LogP contribution < -0.4 is 10.3 Å². The van der Waals surface area contributed by atoms with Crippen molar-refractivity contribution in [2.45, 2.75) is 30.7 Å². The molecule has 0 spiro atoms. The van der Waals surface area contributed by atoms with E-state index in [-0.39, 0.29) is 0 Å². The fourth-order valence-corrected chi connectivity index (χ4v) is 4.21. The number of aromatic nitrogens is 1. The molecule has 2 aromatic rings. The zero-order valence-corrected chi connectivity index (χ0v) is 13.8. The first kappa shape index (κ1) is 16.0. The highest BCUT2D eigenvalue weighted by Crippen LogP contribution is 2.19. The third-order valence-corrected chi connectivity index (χ3v) is 5.96. The maximum atomic E-state index is 12.6. The van der Waals surface area contributed by atoms with Crippen LogP contribution in [0.2, 0.25) is 0 Å². The van der Waals surface area contributed by atoms with Gasteiger partial charge < -0.3 is 0 Å². The Morgan fingerprint density at radius 3 is 2.39 bits per heavy atom. The molecule has 122 valence electrons. The number of nitrogens with zero attached hydrogens (tertiary/aromatic N) is 1. The lowest BCUT2D eigenvalue weighted by atomic mass is 10.2. The summed E-state index contributed by atoms with van der Waals surface area (Å²) in [7, 11) is -3.37. The van der Waals surface area contributed by atoms with Gasteiger partial charge in [0.15, 0.2) is 0 Å². The van der Waals surface area contributed by atoms with Crippen molar-refractivity contribution >= 4 is 15.8 Å². The first-order valence-corrected chi connectivity index (χ1v) is 9.40. The van der Waals surface area contributed by atoms with Crippen molar-refractivity contribution in [2.24, 2.45) is 0 Å². The molecule has 0 bridgehead atoms. The molecule has 2 N–H and O–H groups in total. The predicted molar refractivity (Wildman–Crippen MR) is 89.4 cm³/mol. The fraction of sp³-hybridized carbons (Fsp3) is 0.353. The normalized spacial score (nSPS) is 16.2. The molecule has 23 heavy (non-hydrogen) atoms. The minimum Gasteiger partial charge on any atom is -0.270 e. The topological polar surface area (TPSA) is 63.6 Å². The number of sulfonamides is 1. The lowest BCUT2D eigenvalue weighted by Crippen LogP contribution is -2.36. The second kappa shape index (κ2) is 7.10. The largest absolute Gasteiger partial charge is 0.272 e. The Kier molecular flexibility index (Phi) is 4.93. The summed E-state index contributed by atoms with van der Waals surface area (Å²) in [6.07, 6.45) is 4.57. The van der Waals surface area contributed by atoms with Crippen LogP contribution in [0.3, 0.4) is 0 Å². The molecule has 2 heterocycles. The molecule has 1 fully saturated rings. The third kappa shape index (κ3) is 3.89. The van der Waals surface area contributed by atoms with E-state index in [9.17, 15) is 8.42 Å². The zero-order valence-electron chi connectivity index (χ0n) is 13.0. The molecule has 0 aliphatic carbocycles. The second-order valence-electron chi connectivity index (χ2n) is 5.74. The highest BCUT2D eigenvalue weighted by Gasteiger charge is 2.26. The van der Waals surface area contributed by atoms with Crippen LogP contribution in [-0.4, -0.2) is 25.8 Å². The van der Waals surface area contributed by atoms with Crippen molar-refractivity contribution in [1.82, 2.24) is 4.31 Å². The first-order valence-electron chi connectivity index (χ1n) is 7.96. The molecule has 1 saturated heterocycles. The van der Waals surface area contributed by atoms with Crippen molar-refractivity contribution in [3.63, 3.8) is 0 Å². The van der Waals surface area contributed by atoms with Crippen LogP contribution in [0.1, 0.15) is 24.8 Å². The molecule has 1 aromatic heterocycles. The van der Waals surface area contributed by atoms with Gasteiger partial charge in [0, 0.05) is 19.2 Å². The molecule has 0 radical (unpaired) electrons. The summed E-state index contributed by atoms with van der Waals surface area (Å²) >= 11 is 0. The van der Waals surface area contributed by atoms with Gasteiger partial charge in [0.25, 0.3) is 5.82 Å². The summed E-state index contributed by atoms with van der Waals surface area (Å²) in [5.41, 5.74) is 1.17. The van der Waals surface area contributed by atoms with E-state index in [1.54, 1.807) is 22.6 Å². The SMILES string of the molecule is O=S(=O)(c1ccc(NCc2ccccc2)[nH+]c1)N1CCCCC1. The quantitative estimate of drug-likeness (QED) is 0.914. The van der Waals surface area contributed by atoms with Gasteiger partial charge in [-0.1, -0.05) is 36.8 Å². The number of rotatable bonds is 5. The molecular weight excluding hydrogens is 310 g/mol. The van der Waals surface area contributed by atoms with Gasteiger partial charge in [-0.05, 0) is 24.5 Å². The molecule has 0 amide bonds. The lowest BCUT2D eigenvalue weighted by molar-refractivity contribution is -0.364. The smallest absolute Gasteiger partial charge is 0.270 e. The number of benzene rings is 1. The molecule has 1 aliphatic rings. The Hall–Kier alpha value is -1.92. The maximum absolute atomic E-state index is 12.6. The van der Waals surface area contributed by atoms with Gasteiger partial charge in [-0.25, -0.2) is 13.4 Å². The number of aromatic amines is 1. The molecule has 0 unspecified atom stereocenters. The van der Waals surface area contributed by atoms with E-state index in [2.05, 4.69) is 10.3 Å². The number of anilines is 1. The standard InChI is InChI=1S/C17H21N3O2S/c21-23(22,20-11-5-2-6-12-20)16-9-10-17(19-14-16)18-13-15-7-3-1-4-8-15/h1,3-4,7-10,14H,2,5-6,11-13H2,(H,18,19)/p+1. The number of piperidine rings is 1. The number of hydrogen-bond donors (Lipinski definition) is 1. The van der Waals surface area contributed by atoms with Crippen molar-refractivity contribution in [3.8, 4) is 0 Å². The molecule has 5 nitrogen and oxygen atoms in total.